The lowest BCUT2D eigenvalue weighted by Crippen LogP contribution is -2.29. The van der Waals surface area contributed by atoms with E-state index in [0.29, 0.717) is 55.2 Å². The van der Waals surface area contributed by atoms with Gasteiger partial charge >= 0.3 is 5.97 Å². The molecule has 190 valence electrons. The molecular weight excluding hydrogens is 462 g/mol. The number of anilines is 1. The molecule has 0 aliphatic heterocycles. The molecule has 0 saturated heterocycles. The Bertz CT molecular complexity index is 1230. The highest BCUT2D eigenvalue weighted by molar-refractivity contribution is 5.70. The van der Waals surface area contributed by atoms with E-state index >= 15 is 0 Å². The first kappa shape index (κ1) is 24.1. The predicted octanol–water partition coefficient (Wildman–Crippen LogP) is 3.29. The van der Waals surface area contributed by atoms with Gasteiger partial charge in [0.05, 0.1) is 54.1 Å². The number of aryl methyl sites for hydroxylation is 2. The van der Waals surface area contributed by atoms with Gasteiger partial charge in [-0.2, -0.15) is 0 Å². The minimum Gasteiger partial charge on any atom is -0.489 e. The molecule has 0 unspecified atom stereocenters. The maximum atomic E-state index is 11.4. The van der Waals surface area contributed by atoms with E-state index in [1.54, 1.807) is 10.9 Å². The van der Waals surface area contributed by atoms with Crippen LogP contribution in [0.4, 0.5) is 5.95 Å². The maximum Gasteiger partial charge on any atom is 0.306 e. The summed E-state index contributed by atoms with van der Waals surface area (Å²) in [6.45, 7) is 2.78. The van der Waals surface area contributed by atoms with Crippen molar-refractivity contribution in [3.05, 3.63) is 41.5 Å². The maximum absolute atomic E-state index is 11.4. The van der Waals surface area contributed by atoms with E-state index in [2.05, 4.69) is 25.6 Å². The molecule has 3 aromatic rings. The number of ether oxygens (including phenoxy) is 2. The van der Waals surface area contributed by atoms with Crippen LogP contribution in [0.5, 0.6) is 5.75 Å². The van der Waals surface area contributed by atoms with E-state index in [1.807, 2.05) is 32.2 Å². The number of aliphatic carboxylic acids is 1. The average molecular weight is 494 g/mol. The summed E-state index contributed by atoms with van der Waals surface area (Å²) in [7, 11) is 1.83. The van der Waals surface area contributed by atoms with E-state index in [0.717, 1.165) is 42.8 Å². The number of rotatable bonds is 10. The molecule has 2 aliphatic carbocycles. The summed E-state index contributed by atoms with van der Waals surface area (Å²) in [6, 6.07) is 5.59. The van der Waals surface area contributed by atoms with Crippen molar-refractivity contribution < 1.29 is 19.4 Å². The molecule has 11 heteroatoms. The lowest BCUT2D eigenvalue weighted by Gasteiger charge is -2.27. The number of carboxylic acids is 1. The summed E-state index contributed by atoms with van der Waals surface area (Å²) in [5, 5.41) is 21.1. The fraction of sp³-hybridized carbons (Fsp3) is 0.520. The van der Waals surface area contributed by atoms with Gasteiger partial charge in [0.1, 0.15) is 11.4 Å². The van der Waals surface area contributed by atoms with Crippen LogP contribution in [0.2, 0.25) is 0 Å². The van der Waals surface area contributed by atoms with Crippen molar-refractivity contribution in [2.24, 2.45) is 13.0 Å². The van der Waals surface area contributed by atoms with Crippen molar-refractivity contribution in [2.75, 3.05) is 5.32 Å². The third-order valence-corrected chi connectivity index (χ3v) is 6.61. The summed E-state index contributed by atoms with van der Waals surface area (Å²) < 4.78 is 13.6. The lowest BCUT2D eigenvalue weighted by atomic mass is 9.87. The van der Waals surface area contributed by atoms with Crippen LogP contribution in [0.15, 0.2) is 24.4 Å². The number of nitrogens with one attached hydrogen (secondary N) is 1. The summed E-state index contributed by atoms with van der Waals surface area (Å²) in [6.07, 6.45) is 7.15. The van der Waals surface area contributed by atoms with Crippen LogP contribution in [0.3, 0.4) is 0 Å². The number of nitrogens with zero attached hydrogens (tertiary/aromatic N) is 6. The van der Waals surface area contributed by atoms with Gasteiger partial charge in [-0.15, -0.1) is 5.10 Å². The Morgan fingerprint density at radius 3 is 2.81 bits per heavy atom. The molecule has 36 heavy (non-hydrogen) atoms. The van der Waals surface area contributed by atoms with Crippen LogP contribution in [0, 0.1) is 12.8 Å². The van der Waals surface area contributed by atoms with E-state index in [4.69, 9.17) is 14.5 Å². The molecule has 0 aromatic carbocycles. The molecule has 0 radical (unpaired) electrons. The van der Waals surface area contributed by atoms with Gasteiger partial charge in [0.15, 0.2) is 0 Å². The highest BCUT2D eigenvalue weighted by Crippen LogP contribution is 2.30. The molecule has 3 aromatic heterocycles. The fourth-order valence-corrected chi connectivity index (χ4v) is 4.40. The SMILES string of the molecule is Cc1nc(-c2nnn(C)c2CNc2nccc(COC3CC3)n2)ccc1O[C@H]1CCC[C@H](C(=O)O)C1. The monoisotopic (exact) mass is 493 g/mol. The van der Waals surface area contributed by atoms with Crippen molar-refractivity contribution in [2.45, 2.75) is 70.8 Å². The molecule has 2 fully saturated rings. The van der Waals surface area contributed by atoms with E-state index in [9.17, 15) is 9.90 Å². The highest BCUT2D eigenvalue weighted by Gasteiger charge is 2.28. The second kappa shape index (κ2) is 10.6. The number of hydrogen-bond donors (Lipinski definition) is 2. The second-order valence-corrected chi connectivity index (χ2v) is 9.47. The Balaban J connectivity index is 1.25. The van der Waals surface area contributed by atoms with Crippen molar-refractivity contribution in [1.82, 2.24) is 29.9 Å². The molecule has 5 rings (SSSR count). The molecule has 2 atom stereocenters. The van der Waals surface area contributed by atoms with Gasteiger partial charge in [-0.25, -0.2) is 19.6 Å². The van der Waals surface area contributed by atoms with E-state index < -0.39 is 5.97 Å². The summed E-state index contributed by atoms with van der Waals surface area (Å²) in [5.74, 6) is 0.0819. The van der Waals surface area contributed by atoms with Crippen LogP contribution < -0.4 is 10.1 Å². The summed E-state index contributed by atoms with van der Waals surface area (Å²) in [4.78, 5) is 24.9. The third kappa shape index (κ3) is 5.78. The number of carboxylic acid groups (broad SMARTS) is 1. The molecule has 0 spiro atoms. The van der Waals surface area contributed by atoms with Crippen LogP contribution in [-0.2, 0) is 29.7 Å². The van der Waals surface area contributed by atoms with Gasteiger partial charge in [0.25, 0.3) is 0 Å². The van der Waals surface area contributed by atoms with Crippen LogP contribution >= 0.6 is 0 Å². The average Bonchev–Trinajstić information content (AvgIpc) is 3.64. The zero-order valence-electron chi connectivity index (χ0n) is 20.6. The van der Waals surface area contributed by atoms with Gasteiger partial charge in [0, 0.05) is 13.2 Å². The largest absolute Gasteiger partial charge is 0.489 e. The lowest BCUT2D eigenvalue weighted by molar-refractivity contribution is -0.143. The van der Waals surface area contributed by atoms with Crippen molar-refractivity contribution in [1.29, 1.82) is 0 Å². The zero-order valence-corrected chi connectivity index (χ0v) is 20.6. The molecule has 0 bridgehead atoms. The van der Waals surface area contributed by atoms with Gasteiger partial charge in [0.2, 0.25) is 5.95 Å². The Hall–Kier alpha value is -3.60. The standard InChI is InChI=1S/C25H31N7O4/c1-15-22(36-19-5-3-4-16(12-19)24(33)34)9-8-20(28-15)23-21(32(2)31-30-23)13-27-25-26-11-10-17(29-25)14-35-18-6-7-18/h8-11,16,18-19H,3-7,12-14H2,1-2H3,(H,33,34)(H,26,27,29)/t16-,19-/m0/s1. The van der Waals surface area contributed by atoms with Crippen LogP contribution in [-0.4, -0.2) is 53.2 Å². The van der Waals surface area contributed by atoms with E-state index in [1.165, 1.54) is 0 Å². The first-order valence-electron chi connectivity index (χ1n) is 12.4. The topological polar surface area (TPSA) is 137 Å². The van der Waals surface area contributed by atoms with Gasteiger partial charge in [-0.1, -0.05) is 5.21 Å². The van der Waals surface area contributed by atoms with Crippen molar-refractivity contribution in [3.63, 3.8) is 0 Å². The first-order valence-corrected chi connectivity index (χ1v) is 12.4. The Kier molecular flexibility index (Phi) is 7.08. The van der Waals surface area contributed by atoms with Crippen LogP contribution in [0.25, 0.3) is 11.4 Å². The minimum atomic E-state index is -0.749. The molecule has 2 N–H and O–H groups in total. The molecule has 0 amide bonds. The van der Waals surface area contributed by atoms with Gasteiger partial charge in [-0.3, -0.25) is 4.79 Å². The van der Waals surface area contributed by atoms with E-state index in [-0.39, 0.29) is 12.0 Å². The Labute approximate surface area is 209 Å². The normalized spacial score (nSPS) is 19.7. The number of aromatic nitrogens is 6. The molecule has 2 saturated carbocycles. The fourth-order valence-electron chi connectivity index (χ4n) is 4.40. The second-order valence-electron chi connectivity index (χ2n) is 9.47. The zero-order chi connectivity index (χ0) is 25.1. The van der Waals surface area contributed by atoms with Gasteiger partial charge in [-0.05, 0) is 63.6 Å². The molecular formula is C25H31N7O4. The minimum absolute atomic E-state index is 0.118. The van der Waals surface area contributed by atoms with Gasteiger partial charge < -0.3 is 19.9 Å². The summed E-state index contributed by atoms with van der Waals surface area (Å²) in [5.41, 5.74) is 3.75. The number of pyridine rings is 1. The quantitative estimate of drug-likeness (QED) is 0.433. The highest BCUT2D eigenvalue weighted by atomic mass is 16.5. The number of carbonyl (C=O) groups is 1. The Morgan fingerprint density at radius 2 is 2.03 bits per heavy atom. The number of hydrogen-bond acceptors (Lipinski definition) is 9. The first-order chi connectivity index (χ1) is 17.5. The summed E-state index contributed by atoms with van der Waals surface area (Å²) >= 11 is 0. The van der Waals surface area contributed by atoms with Crippen molar-refractivity contribution >= 4 is 11.9 Å². The molecule has 11 nitrogen and oxygen atoms in total. The molecule has 2 aliphatic rings. The smallest absolute Gasteiger partial charge is 0.306 e. The Morgan fingerprint density at radius 1 is 1.17 bits per heavy atom. The third-order valence-electron chi connectivity index (χ3n) is 6.61. The molecule has 3 heterocycles. The van der Waals surface area contributed by atoms with Crippen LogP contribution in [0.1, 0.15) is 55.6 Å². The van der Waals surface area contributed by atoms with Crippen molar-refractivity contribution in [3.8, 4) is 17.1 Å². The predicted molar refractivity (Wildman–Crippen MR) is 130 cm³/mol.